The lowest BCUT2D eigenvalue weighted by atomic mass is 9.39. The van der Waals surface area contributed by atoms with Crippen molar-refractivity contribution in [3.05, 3.63) is 81.7 Å². The van der Waals surface area contributed by atoms with Gasteiger partial charge >= 0.3 is 0 Å². The van der Waals surface area contributed by atoms with Crippen molar-refractivity contribution in [2.75, 3.05) is 6.61 Å². The first-order chi connectivity index (χ1) is 22.7. The quantitative estimate of drug-likeness (QED) is 0.109. The Bertz CT molecular complexity index is 1660. The maximum Gasteiger partial charge on any atom is 0.200 e. The Morgan fingerprint density at radius 1 is 0.837 bits per heavy atom. The summed E-state index contributed by atoms with van der Waals surface area (Å²) >= 11 is 0. The summed E-state index contributed by atoms with van der Waals surface area (Å²) in [6.07, 6.45) is 10.9. The molecule has 1 saturated heterocycles. The smallest absolute Gasteiger partial charge is 0.200 e. The number of aromatic hydroxyl groups is 1. The van der Waals surface area contributed by atoms with Crippen molar-refractivity contribution < 1.29 is 29.0 Å². The summed E-state index contributed by atoms with van der Waals surface area (Å²) in [4.78, 5) is 45.7. The number of Topliss-reactive ketones (excluding diaryl/α,β-unsaturated/α-hetero) is 3. The minimum atomic E-state index is -1.47. The molecule has 0 unspecified atom stereocenters. The van der Waals surface area contributed by atoms with Gasteiger partial charge in [0.15, 0.2) is 28.8 Å². The van der Waals surface area contributed by atoms with Crippen LogP contribution >= 0.6 is 0 Å². The molecule has 1 aromatic carbocycles. The summed E-state index contributed by atoms with van der Waals surface area (Å²) in [6, 6.07) is 4.49. The van der Waals surface area contributed by atoms with E-state index in [0.29, 0.717) is 12.8 Å². The zero-order valence-electron chi connectivity index (χ0n) is 31.9. The molecule has 1 aromatic rings. The second-order valence-electron chi connectivity index (χ2n) is 16.7. The maximum atomic E-state index is 15.5. The summed E-state index contributed by atoms with van der Waals surface area (Å²) in [7, 11) is 0. The van der Waals surface area contributed by atoms with E-state index in [9.17, 15) is 9.90 Å². The lowest BCUT2D eigenvalue weighted by Gasteiger charge is -2.64. The van der Waals surface area contributed by atoms with Crippen LogP contribution in [0.2, 0.25) is 0 Å². The van der Waals surface area contributed by atoms with Gasteiger partial charge in [0, 0.05) is 11.5 Å². The number of ketones is 3. The largest absolute Gasteiger partial charge is 0.504 e. The van der Waals surface area contributed by atoms with Gasteiger partial charge < -0.3 is 14.6 Å². The third-order valence-corrected chi connectivity index (χ3v) is 11.4. The van der Waals surface area contributed by atoms with Gasteiger partial charge in [0.05, 0.1) is 5.41 Å². The van der Waals surface area contributed by atoms with Gasteiger partial charge in [0.2, 0.25) is 0 Å². The van der Waals surface area contributed by atoms with Crippen LogP contribution in [0.15, 0.2) is 76.1 Å². The van der Waals surface area contributed by atoms with Gasteiger partial charge in [-0.2, -0.15) is 0 Å². The van der Waals surface area contributed by atoms with Gasteiger partial charge in [-0.3, -0.25) is 14.4 Å². The number of fused-ring (bicyclic) bond motifs is 1. The monoisotopic (exact) mass is 670 g/mol. The molecule has 266 valence electrons. The molecule has 2 fully saturated rings. The van der Waals surface area contributed by atoms with Crippen LogP contribution in [0.1, 0.15) is 126 Å². The minimum absolute atomic E-state index is 0.0172. The van der Waals surface area contributed by atoms with Gasteiger partial charge in [0.1, 0.15) is 29.0 Å². The van der Waals surface area contributed by atoms with E-state index in [4.69, 9.17) is 9.47 Å². The Morgan fingerprint density at radius 2 is 1.39 bits per heavy atom. The fraction of sp³-hybridized carbons (Fsp3) is 0.558. The number of hydrogen-bond acceptors (Lipinski definition) is 6. The van der Waals surface area contributed by atoms with Crippen molar-refractivity contribution in [2.45, 2.75) is 121 Å². The Kier molecular flexibility index (Phi) is 10.8. The highest BCUT2D eigenvalue weighted by atomic mass is 16.5. The molecule has 2 bridgehead atoms. The molecule has 4 atom stereocenters. The van der Waals surface area contributed by atoms with Crippen molar-refractivity contribution >= 4 is 17.3 Å². The van der Waals surface area contributed by atoms with Crippen LogP contribution in [0.3, 0.4) is 0 Å². The predicted octanol–water partition coefficient (Wildman–Crippen LogP) is 10.2. The Hall–Kier alpha value is -3.67. The first kappa shape index (κ1) is 38.1. The third-order valence-electron chi connectivity index (χ3n) is 11.4. The second kappa shape index (κ2) is 13.9. The number of phenols is 1. The first-order valence-corrected chi connectivity index (χ1v) is 17.8. The molecule has 3 aliphatic rings. The number of hydrogen-bond donors (Lipinski definition) is 1. The molecule has 1 spiro atoms. The highest BCUT2D eigenvalue weighted by Crippen LogP contribution is 2.69. The lowest BCUT2D eigenvalue weighted by Crippen LogP contribution is -2.69. The van der Waals surface area contributed by atoms with Crippen molar-refractivity contribution in [1.29, 1.82) is 0 Å². The number of phenolic OH excluding ortho intramolecular Hbond substituents is 1. The summed E-state index contributed by atoms with van der Waals surface area (Å²) in [5, 5.41) is 10.9. The Labute approximate surface area is 294 Å². The average Bonchev–Trinajstić information content (AvgIpc) is 2.98. The van der Waals surface area contributed by atoms with Crippen LogP contribution in [-0.4, -0.2) is 34.7 Å². The van der Waals surface area contributed by atoms with Crippen LogP contribution in [-0.2, 0) is 14.3 Å². The molecule has 1 N–H and O–H groups in total. The molecule has 4 rings (SSSR count). The van der Waals surface area contributed by atoms with E-state index >= 15 is 9.59 Å². The van der Waals surface area contributed by atoms with Crippen molar-refractivity contribution in [3.8, 4) is 11.5 Å². The molecule has 2 aliphatic carbocycles. The van der Waals surface area contributed by atoms with E-state index < -0.39 is 33.4 Å². The molecule has 1 aliphatic heterocycles. The normalized spacial score (nSPS) is 26.5. The Balaban J connectivity index is 2.02. The SMILES string of the molecule is CC(C)=CCOc1ccc(C(=O)C2=C3OC(C)(C)[C@@H](CC=C(C)C)C[C@@]34C[C@@H](CC=C(C)C)C(C)(C)[C@@](CC=C(C)C)(C2=O)C4=O)cc1O. The van der Waals surface area contributed by atoms with Gasteiger partial charge in [-0.1, -0.05) is 54.4 Å². The van der Waals surface area contributed by atoms with Gasteiger partial charge in [0.25, 0.3) is 0 Å². The van der Waals surface area contributed by atoms with Crippen LogP contribution in [0, 0.1) is 28.1 Å². The van der Waals surface area contributed by atoms with E-state index in [1.54, 1.807) is 12.1 Å². The third kappa shape index (κ3) is 6.90. The van der Waals surface area contributed by atoms with E-state index in [1.807, 2.05) is 67.5 Å². The van der Waals surface area contributed by atoms with Crippen LogP contribution in [0.5, 0.6) is 11.5 Å². The van der Waals surface area contributed by atoms with Crippen LogP contribution < -0.4 is 4.74 Å². The highest BCUT2D eigenvalue weighted by Gasteiger charge is 2.74. The average molecular weight is 671 g/mol. The van der Waals surface area contributed by atoms with Crippen molar-refractivity contribution in [1.82, 2.24) is 0 Å². The van der Waals surface area contributed by atoms with E-state index in [2.05, 4.69) is 39.8 Å². The number of rotatable bonds is 11. The van der Waals surface area contributed by atoms with E-state index in [-0.39, 0.29) is 59.0 Å². The fourth-order valence-electron chi connectivity index (χ4n) is 8.13. The van der Waals surface area contributed by atoms with Crippen molar-refractivity contribution in [2.24, 2.45) is 28.1 Å². The number of ether oxygens (including phenoxy) is 2. The van der Waals surface area contributed by atoms with Crippen molar-refractivity contribution in [3.63, 3.8) is 0 Å². The molecule has 1 heterocycles. The van der Waals surface area contributed by atoms with Crippen LogP contribution in [0.25, 0.3) is 0 Å². The van der Waals surface area contributed by atoms with E-state index in [0.717, 1.165) is 24.0 Å². The number of benzene rings is 1. The molecule has 0 amide bonds. The number of carbonyl (C=O) groups is 3. The Morgan fingerprint density at radius 3 is 1.94 bits per heavy atom. The topological polar surface area (TPSA) is 89.9 Å². The molecule has 0 radical (unpaired) electrons. The second-order valence-corrected chi connectivity index (χ2v) is 16.7. The highest BCUT2D eigenvalue weighted by molar-refractivity contribution is 6.35. The fourth-order valence-corrected chi connectivity index (χ4v) is 8.13. The number of allylic oxidation sites excluding steroid dienone is 9. The maximum absolute atomic E-state index is 15.5. The lowest BCUT2D eigenvalue weighted by molar-refractivity contribution is -0.188. The zero-order chi connectivity index (χ0) is 36.7. The molecule has 6 nitrogen and oxygen atoms in total. The standard InChI is InChI=1S/C43H58O6/c1-26(2)13-16-31-24-42-25-32(17-14-27(3)4)41(11,12)49-38(42)35(37(46)43(39(42)47,40(31,9)10)21-19-28(5)6)36(45)30-15-18-34(33(44)23-30)48-22-20-29(7)8/h13-15,18-20,23,31-32,44H,16-17,21-22,24-25H2,1-12H3/t31-,32+,42+,43+/m1/s1. The van der Waals surface area contributed by atoms with Gasteiger partial charge in [-0.15, -0.1) is 0 Å². The van der Waals surface area contributed by atoms with E-state index in [1.165, 1.54) is 17.2 Å². The molecular formula is C43H58O6. The van der Waals surface area contributed by atoms with Crippen LogP contribution in [0.4, 0.5) is 0 Å². The molecule has 0 aromatic heterocycles. The summed E-state index contributed by atoms with van der Waals surface area (Å²) < 4.78 is 12.6. The number of carbonyl (C=O) groups excluding carboxylic acids is 3. The summed E-state index contributed by atoms with van der Waals surface area (Å²) in [6.45, 7) is 24.5. The van der Waals surface area contributed by atoms with Gasteiger partial charge in [-0.25, -0.2) is 0 Å². The molecule has 1 saturated carbocycles. The molecule has 49 heavy (non-hydrogen) atoms. The summed E-state index contributed by atoms with van der Waals surface area (Å²) in [5.74, 6) is -0.896. The predicted molar refractivity (Wildman–Crippen MR) is 197 cm³/mol. The summed E-state index contributed by atoms with van der Waals surface area (Å²) in [5.41, 5.74) is 0.418. The first-order valence-electron chi connectivity index (χ1n) is 17.8. The zero-order valence-corrected chi connectivity index (χ0v) is 31.9. The molecular weight excluding hydrogens is 612 g/mol. The minimum Gasteiger partial charge on any atom is -0.504 e. The van der Waals surface area contributed by atoms with Gasteiger partial charge in [-0.05, 0) is 137 Å². The molecule has 6 heteroatoms.